The van der Waals surface area contributed by atoms with Crippen molar-refractivity contribution in [1.29, 1.82) is 0 Å². The van der Waals surface area contributed by atoms with Crippen molar-refractivity contribution in [2.24, 2.45) is 4.99 Å². The summed E-state index contributed by atoms with van der Waals surface area (Å²) in [5.74, 6) is 0.245. The fourth-order valence-electron chi connectivity index (χ4n) is 5.78. The number of fused-ring (bicyclic) bond motifs is 2. The third-order valence-electron chi connectivity index (χ3n) is 8.13. The fraction of sp³-hybridized carbons (Fsp3) is 0.231. The summed E-state index contributed by atoms with van der Waals surface area (Å²) in [5.41, 5.74) is 2.85. The first-order valence-electron chi connectivity index (χ1n) is 16.2. The van der Waals surface area contributed by atoms with Crippen LogP contribution >= 0.6 is 11.3 Å². The van der Waals surface area contributed by atoms with Gasteiger partial charge in [0.1, 0.15) is 12.4 Å². The molecule has 0 amide bonds. The second-order valence-electron chi connectivity index (χ2n) is 11.3. The first kappa shape index (κ1) is 34.2. The molecule has 2 heterocycles. The molecule has 0 bridgehead atoms. The second-order valence-corrected chi connectivity index (χ2v) is 12.3. The van der Waals surface area contributed by atoms with Crippen molar-refractivity contribution in [1.82, 2.24) is 4.57 Å². The van der Waals surface area contributed by atoms with Gasteiger partial charge in [0.25, 0.3) is 5.56 Å². The van der Waals surface area contributed by atoms with Crippen LogP contribution in [0.3, 0.4) is 0 Å². The Hall–Kier alpha value is -5.68. The third-order valence-corrected chi connectivity index (χ3v) is 9.11. The summed E-state index contributed by atoms with van der Waals surface area (Å²) in [7, 11) is 1.28. The van der Waals surface area contributed by atoms with Gasteiger partial charge in [-0.05, 0) is 78.6 Å². The maximum Gasteiger partial charge on any atom is 0.343 e. The molecular weight excluding hydrogens is 657 g/mol. The normalized spacial score (nSPS) is 14.2. The number of ether oxygens (including phenoxy) is 5. The lowest BCUT2D eigenvalue weighted by Gasteiger charge is -2.25. The molecule has 0 fully saturated rings. The van der Waals surface area contributed by atoms with Crippen molar-refractivity contribution >= 4 is 40.1 Å². The zero-order valence-electron chi connectivity index (χ0n) is 28.1. The first-order valence-corrected chi connectivity index (χ1v) is 17.0. The Morgan fingerprint density at radius 1 is 0.900 bits per heavy atom. The lowest BCUT2D eigenvalue weighted by atomic mass is 9.95. The van der Waals surface area contributed by atoms with Crippen LogP contribution in [0, 0.1) is 0 Å². The number of esters is 2. The molecule has 11 heteroatoms. The number of benzene rings is 4. The SMILES string of the molecule is CCOC(=O)C1=C(C)N=c2s/c(=C\c3ccc(OCc4cccc5ccccc45)cc3)c(=O)n2[C@H]1c1ccc(OCC(=O)OC)c(OCC)c1. The minimum atomic E-state index is -0.855. The number of methoxy groups -OCH3 is 1. The van der Waals surface area contributed by atoms with Gasteiger partial charge in [-0.3, -0.25) is 9.36 Å². The van der Waals surface area contributed by atoms with Gasteiger partial charge in [-0.1, -0.05) is 72.0 Å². The highest BCUT2D eigenvalue weighted by atomic mass is 32.1. The molecule has 4 aromatic carbocycles. The smallest absolute Gasteiger partial charge is 0.343 e. The molecule has 0 N–H and O–H groups in total. The number of thiazole rings is 1. The summed E-state index contributed by atoms with van der Waals surface area (Å²) in [6, 6.07) is 26.1. The number of allylic oxidation sites excluding steroid dienone is 1. The molecule has 1 atom stereocenters. The number of aromatic nitrogens is 1. The number of carbonyl (C=O) groups is 2. The van der Waals surface area contributed by atoms with E-state index in [4.69, 9.17) is 23.7 Å². The Labute approximate surface area is 292 Å². The largest absolute Gasteiger partial charge is 0.490 e. The summed E-state index contributed by atoms with van der Waals surface area (Å²) < 4.78 is 29.7. The topological polar surface area (TPSA) is 115 Å². The van der Waals surface area contributed by atoms with Crippen LogP contribution in [-0.4, -0.2) is 43.4 Å². The molecule has 1 aromatic heterocycles. The maximum atomic E-state index is 14.1. The van der Waals surface area contributed by atoms with E-state index in [9.17, 15) is 14.4 Å². The number of hydrogen-bond acceptors (Lipinski definition) is 10. The molecule has 1 aliphatic heterocycles. The van der Waals surface area contributed by atoms with Gasteiger partial charge in [0, 0.05) is 0 Å². The summed E-state index contributed by atoms with van der Waals surface area (Å²) >= 11 is 1.23. The molecule has 0 saturated carbocycles. The fourth-order valence-corrected chi connectivity index (χ4v) is 6.82. The van der Waals surface area contributed by atoms with E-state index in [2.05, 4.69) is 29.3 Å². The lowest BCUT2D eigenvalue weighted by Crippen LogP contribution is -2.40. The Morgan fingerprint density at radius 3 is 2.44 bits per heavy atom. The monoisotopic (exact) mass is 692 g/mol. The quantitative estimate of drug-likeness (QED) is 0.158. The zero-order valence-corrected chi connectivity index (χ0v) is 29.0. The summed E-state index contributed by atoms with van der Waals surface area (Å²) in [6.45, 7) is 5.84. The van der Waals surface area contributed by atoms with Gasteiger partial charge in [-0.25, -0.2) is 14.6 Å². The predicted molar refractivity (Wildman–Crippen MR) is 190 cm³/mol. The molecule has 0 saturated heterocycles. The van der Waals surface area contributed by atoms with Crippen LogP contribution in [0.25, 0.3) is 16.8 Å². The van der Waals surface area contributed by atoms with Crippen LogP contribution in [0.15, 0.2) is 106 Å². The number of hydrogen-bond donors (Lipinski definition) is 0. The van der Waals surface area contributed by atoms with E-state index in [-0.39, 0.29) is 24.3 Å². The van der Waals surface area contributed by atoms with E-state index in [1.807, 2.05) is 49.4 Å². The predicted octanol–water partition coefficient (Wildman–Crippen LogP) is 5.48. The van der Waals surface area contributed by atoms with Crippen molar-refractivity contribution in [2.45, 2.75) is 33.4 Å². The molecule has 0 aliphatic carbocycles. The van der Waals surface area contributed by atoms with Gasteiger partial charge < -0.3 is 23.7 Å². The highest BCUT2D eigenvalue weighted by molar-refractivity contribution is 7.07. The van der Waals surface area contributed by atoms with E-state index in [0.29, 0.717) is 51.1 Å². The molecule has 5 aromatic rings. The van der Waals surface area contributed by atoms with Crippen molar-refractivity contribution < 1.29 is 33.3 Å². The van der Waals surface area contributed by atoms with E-state index >= 15 is 0 Å². The van der Waals surface area contributed by atoms with Gasteiger partial charge in [-0.15, -0.1) is 0 Å². The molecule has 6 rings (SSSR count). The van der Waals surface area contributed by atoms with Gasteiger partial charge >= 0.3 is 11.9 Å². The average molecular weight is 693 g/mol. The molecule has 1 aliphatic rings. The van der Waals surface area contributed by atoms with Gasteiger partial charge in [-0.2, -0.15) is 0 Å². The molecule has 256 valence electrons. The van der Waals surface area contributed by atoms with Gasteiger partial charge in [0.2, 0.25) is 0 Å². The Balaban J connectivity index is 1.33. The van der Waals surface area contributed by atoms with Crippen LogP contribution in [-0.2, 0) is 25.7 Å². The van der Waals surface area contributed by atoms with Crippen LogP contribution in [0.4, 0.5) is 0 Å². The molecular formula is C39H36N2O8S. The van der Waals surface area contributed by atoms with Crippen molar-refractivity contribution in [3.05, 3.63) is 133 Å². The number of nitrogens with zero attached hydrogens (tertiary/aromatic N) is 2. The van der Waals surface area contributed by atoms with E-state index in [0.717, 1.165) is 21.9 Å². The molecule has 0 unspecified atom stereocenters. The molecule has 0 spiro atoms. The molecule has 10 nitrogen and oxygen atoms in total. The minimum absolute atomic E-state index is 0.152. The van der Waals surface area contributed by atoms with E-state index in [1.54, 1.807) is 38.1 Å². The number of rotatable bonds is 12. The van der Waals surface area contributed by atoms with Crippen LogP contribution in [0.2, 0.25) is 0 Å². The highest BCUT2D eigenvalue weighted by Crippen LogP contribution is 2.36. The Kier molecular flexibility index (Phi) is 10.4. The van der Waals surface area contributed by atoms with Crippen LogP contribution in [0.5, 0.6) is 17.2 Å². The molecule has 0 radical (unpaired) electrons. The maximum absolute atomic E-state index is 14.1. The summed E-state index contributed by atoms with van der Waals surface area (Å²) in [6.07, 6.45) is 1.80. The van der Waals surface area contributed by atoms with Crippen molar-refractivity contribution in [3.8, 4) is 17.2 Å². The minimum Gasteiger partial charge on any atom is -0.490 e. The standard InChI is InChI=1S/C39H36N2O8S/c1-5-46-32-21-27(16-19-31(32)49-23-34(42)45-4)36-35(38(44)47-6-2)24(3)40-39-41(36)37(43)33(50-39)20-25-14-17-29(18-15-25)48-22-28-12-9-11-26-10-7-8-13-30(26)28/h7-21,36H,5-6,22-23H2,1-4H3/b33-20-/t36-/m0/s1. The lowest BCUT2D eigenvalue weighted by molar-refractivity contribution is -0.143. The first-order chi connectivity index (χ1) is 24.3. The zero-order chi connectivity index (χ0) is 35.2. The van der Waals surface area contributed by atoms with Crippen LogP contribution in [0.1, 0.15) is 43.5 Å². The highest BCUT2D eigenvalue weighted by Gasteiger charge is 2.34. The van der Waals surface area contributed by atoms with E-state index in [1.165, 1.54) is 23.0 Å². The summed E-state index contributed by atoms with van der Waals surface area (Å²) in [5, 5.41) is 2.31. The average Bonchev–Trinajstić information content (AvgIpc) is 3.43. The molecule has 50 heavy (non-hydrogen) atoms. The number of carbonyl (C=O) groups excluding carboxylic acids is 2. The Morgan fingerprint density at radius 2 is 1.68 bits per heavy atom. The van der Waals surface area contributed by atoms with Gasteiger partial charge in [0.15, 0.2) is 22.9 Å². The van der Waals surface area contributed by atoms with Crippen molar-refractivity contribution in [2.75, 3.05) is 26.9 Å². The summed E-state index contributed by atoms with van der Waals surface area (Å²) in [4.78, 5) is 44.3. The van der Waals surface area contributed by atoms with Gasteiger partial charge in [0.05, 0.1) is 42.2 Å². The third kappa shape index (κ3) is 7.18. The Bertz CT molecular complexity index is 2260. The van der Waals surface area contributed by atoms with Crippen LogP contribution < -0.4 is 29.1 Å². The van der Waals surface area contributed by atoms with Crippen molar-refractivity contribution in [3.63, 3.8) is 0 Å². The van der Waals surface area contributed by atoms with E-state index < -0.39 is 18.0 Å². The second kappa shape index (κ2) is 15.3.